The Hall–Kier alpha value is -3.48. The molecule has 0 atom stereocenters. The zero-order valence-electron chi connectivity index (χ0n) is 17.3. The van der Waals surface area contributed by atoms with E-state index in [0.29, 0.717) is 34.3 Å². The summed E-state index contributed by atoms with van der Waals surface area (Å²) in [6.45, 7) is 0.0560. The minimum Gasteiger partial charge on any atom is -0.395 e. The molecule has 4 aromatic rings. The molecular weight excluding hydrogens is 465 g/mol. The number of rotatable bonds is 10. The van der Waals surface area contributed by atoms with Crippen molar-refractivity contribution in [1.29, 1.82) is 0 Å². The summed E-state index contributed by atoms with van der Waals surface area (Å²) in [5, 5.41) is 4.15. The zero-order valence-corrected chi connectivity index (χ0v) is 19.0. The number of phosphoric acid groups is 1. The van der Waals surface area contributed by atoms with Gasteiger partial charge in [-0.1, -0.05) is 53.1 Å². The fourth-order valence-electron chi connectivity index (χ4n) is 3.16. The SMILES string of the molecule is [N-]=[N+]=NCc1nc2cc(Cl)ccn2c1CCOP(=O)(Oc1ccccc1)Oc1ccccc1. The number of benzene rings is 2. The van der Waals surface area contributed by atoms with Crippen molar-refractivity contribution in [1.82, 2.24) is 9.38 Å². The van der Waals surface area contributed by atoms with Gasteiger partial charge in [0.2, 0.25) is 0 Å². The van der Waals surface area contributed by atoms with E-state index in [1.807, 2.05) is 16.5 Å². The predicted octanol–water partition coefficient (Wildman–Crippen LogP) is 6.62. The first-order valence-corrected chi connectivity index (χ1v) is 11.8. The van der Waals surface area contributed by atoms with Crippen molar-refractivity contribution in [3.63, 3.8) is 0 Å². The number of hydrogen-bond donors (Lipinski definition) is 0. The highest BCUT2D eigenvalue weighted by Gasteiger charge is 2.31. The summed E-state index contributed by atoms with van der Waals surface area (Å²) in [5.41, 5.74) is 10.6. The molecule has 0 fully saturated rings. The van der Waals surface area contributed by atoms with Gasteiger partial charge in [0.05, 0.1) is 18.8 Å². The highest BCUT2D eigenvalue weighted by Crippen LogP contribution is 2.49. The second kappa shape index (κ2) is 10.4. The topological polar surface area (TPSA) is 111 Å². The summed E-state index contributed by atoms with van der Waals surface area (Å²) in [5.74, 6) is 0.704. The van der Waals surface area contributed by atoms with Gasteiger partial charge in [-0.25, -0.2) is 9.55 Å². The van der Waals surface area contributed by atoms with Crippen molar-refractivity contribution in [3.8, 4) is 11.5 Å². The first kappa shape index (κ1) is 22.7. The summed E-state index contributed by atoms with van der Waals surface area (Å²) in [6.07, 6.45) is 2.07. The van der Waals surface area contributed by atoms with Crippen LogP contribution in [0, 0.1) is 0 Å². The Bertz CT molecular complexity index is 1280. The molecule has 4 rings (SSSR count). The monoisotopic (exact) mass is 483 g/mol. The highest BCUT2D eigenvalue weighted by molar-refractivity contribution is 7.49. The van der Waals surface area contributed by atoms with E-state index in [-0.39, 0.29) is 13.2 Å². The van der Waals surface area contributed by atoms with Crippen LogP contribution in [0.1, 0.15) is 11.4 Å². The first-order chi connectivity index (χ1) is 16.1. The van der Waals surface area contributed by atoms with Gasteiger partial charge in [-0.2, -0.15) is 0 Å². The molecule has 0 amide bonds. The van der Waals surface area contributed by atoms with Crippen LogP contribution in [-0.2, 0) is 22.1 Å². The average Bonchev–Trinajstić information content (AvgIpc) is 3.15. The third kappa shape index (κ3) is 5.86. The van der Waals surface area contributed by atoms with E-state index in [2.05, 4.69) is 15.0 Å². The lowest BCUT2D eigenvalue weighted by Crippen LogP contribution is -2.09. The molecule has 11 heteroatoms. The quantitative estimate of drug-likeness (QED) is 0.109. The van der Waals surface area contributed by atoms with Gasteiger partial charge in [0.1, 0.15) is 17.1 Å². The van der Waals surface area contributed by atoms with Crippen molar-refractivity contribution in [2.75, 3.05) is 6.61 Å². The molecule has 0 aliphatic rings. The number of hydrogen-bond acceptors (Lipinski definition) is 6. The molecule has 9 nitrogen and oxygen atoms in total. The Kier molecular flexibility index (Phi) is 7.17. The van der Waals surface area contributed by atoms with Crippen LogP contribution >= 0.6 is 19.4 Å². The van der Waals surface area contributed by atoms with Gasteiger partial charge in [-0.15, -0.1) is 0 Å². The fraction of sp³-hybridized carbons (Fsp3) is 0.136. The number of pyridine rings is 1. The maximum absolute atomic E-state index is 13.5. The Morgan fingerprint density at radius 3 is 2.27 bits per heavy atom. The van der Waals surface area contributed by atoms with Crippen molar-refractivity contribution in [2.24, 2.45) is 5.11 Å². The van der Waals surface area contributed by atoms with Crippen LogP contribution in [0.2, 0.25) is 5.02 Å². The van der Waals surface area contributed by atoms with Crippen LogP contribution in [-0.4, -0.2) is 16.0 Å². The summed E-state index contributed by atoms with van der Waals surface area (Å²) in [6, 6.07) is 20.7. The molecular formula is C22H19ClN5O4P. The van der Waals surface area contributed by atoms with Gasteiger partial charge >= 0.3 is 7.82 Å². The third-order valence-electron chi connectivity index (χ3n) is 4.56. The minimum absolute atomic E-state index is 0.00334. The fourth-order valence-corrected chi connectivity index (χ4v) is 4.53. The normalized spacial score (nSPS) is 11.2. The van der Waals surface area contributed by atoms with Crippen LogP contribution in [0.4, 0.5) is 0 Å². The van der Waals surface area contributed by atoms with Crippen LogP contribution in [0.5, 0.6) is 11.5 Å². The molecule has 2 aromatic carbocycles. The molecule has 33 heavy (non-hydrogen) atoms. The van der Waals surface area contributed by atoms with E-state index in [1.54, 1.807) is 66.9 Å². The van der Waals surface area contributed by atoms with E-state index >= 15 is 0 Å². The number of aromatic nitrogens is 2. The molecule has 168 valence electrons. The van der Waals surface area contributed by atoms with Crippen LogP contribution in [0.3, 0.4) is 0 Å². The van der Waals surface area contributed by atoms with E-state index in [4.69, 9.17) is 30.7 Å². The largest absolute Gasteiger partial charge is 0.587 e. The number of nitrogens with zero attached hydrogens (tertiary/aromatic N) is 5. The van der Waals surface area contributed by atoms with Gasteiger partial charge in [0.15, 0.2) is 0 Å². The smallest absolute Gasteiger partial charge is 0.395 e. The van der Waals surface area contributed by atoms with Crippen molar-refractivity contribution in [2.45, 2.75) is 13.0 Å². The van der Waals surface area contributed by atoms with Gasteiger partial charge in [0.25, 0.3) is 0 Å². The minimum atomic E-state index is -4.02. The van der Waals surface area contributed by atoms with Crippen molar-refractivity contribution in [3.05, 3.63) is 106 Å². The molecule has 0 saturated carbocycles. The van der Waals surface area contributed by atoms with Crippen LogP contribution in [0.15, 0.2) is 84.1 Å². The van der Waals surface area contributed by atoms with E-state index in [9.17, 15) is 4.57 Å². The number of imidazole rings is 1. The van der Waals surface area contributed by atoms with E-state index in [1.165, 1.54) is 0 Å². The Morgan fingerprint density at radius 1 is 1.03 bits per heavy atom. The molecule has 0 radical (unpaired) electrons. The molecule has 0 bridgehead atoms. The Balaban J connectivity index is 1.56. The average molecular weight is 484 g/mol. The molecule has 2 heterocycles. The lowest BCUT2D eigenvalue weighted by atomic mass is 10.2. The molecule has 0 unspecified atom stereocenters. The molecule has 0 aliphatic carbocycles. The molecule has 0 saturated heterocycles. The van der Waals surface area contributed by atoms with Crippen molar-refractivity contribution < 1.29 is 18.1 Å². The number of azide groups is 1. The lowest BCUT2D eigenvalue weighted by Gasteiger charge is -2.19. The highest BCUT2D eigenvalue weighted by atomic mass is 35.5. The number of phosphoric ester groups is 1. The molecule has 2 aromatic heterocycles. The standard InChI is InChI=1S/C22H19ClN5O4P/c23-17-11-13-28-21(20(16-25-27-24)26-22(28)15-17)12-14-30-33(29,31-18-7-3-1-4-8-18)32-19-9-5-2-6-10-19/h1-11,13,15H,12,14,16H2. The Labute approximate surface area is 194 Å². The summed E-state index contributed by atoms with van der Waals surface area (Å²) in [4.78, 5) is 7.30. The summed E-state index contributed by atoms with van der Waals surface area (Å²) < 4.78 is 32.2. The molecule has 0 spiro atoms. The number of para-hydroxylation sites is 2. The second-order valence-corrected chi connectivity index (χ2v) is 8.76. The summed E-state index contributed by atoms with van der Waals surface area (Å²) in [7, 11) is -4.02. The van der Waals surface area contributed by atoms with E-state index < -0.39 is 7.82 Å². The van der Waals surface area contributed by atoms with Crippen LogP contribution < -0.4 is 9.05 Å². The number of fused-ring (bicyclic) bond motifs is 1. The van der Waals surface area contributed by atoms with Crippen molar-refractivity contribution >= 4 is 25.1 Å². The van der Waals surface area contributed by atoms with Gasteiger partial charge in [-0.3, -0.25) is 4.52 Å². The molecule has 0 aliphatic heterocycles. The Morgan fingerprint density at radius 2 is 1.67 bits per heavy atom. The van der Waals surface area contributed by atoms with E-state index in [0.717, 1.165) is 5.69 Å². The van der Waals surface area contributed by atoms with Gasteiger partial charge in [-0.05, 0) is 35.9 Å². The lowest BCUT2D eigenvalue weighted by molar-refractivity contribution is 0.211. The summed E-state index contributed by atoms with van der Waals surface area (Å²) >= 11 is 6.07. The number of halogens is 1. The molecule has 0 N–H and O–H groups in total. The maximum Gasteiger partial charge on any atom is 0.587 e. The predicted molar refractivity (Wildman–Crippen MR) is 124 cm³/mol. The van der Waals surface area contributed by atoms with Crippen LogP contribution in [0.25, 0.3) is 16.1 Å². The third-order valence-corrected chi connectivity index (χ3v) is 6.17. The zero-order chi connectivity index (χ0) is 23.1. The van der Waals surface area contributed by atoms with Gasteiger partial charge < -0.3 is 13.4 Å². The van der Waals surface area contributed by atoms with Gasteiger partial charge in [0, 0.05) is 34.3 Å². The first-order valence-electron chi connectivity index (χ1n) is 9.96. The second-order valence-electron chi connectivity index (χ2n) is 6.81. The maximum atomic E-state index is 13.5.